The molecule has 5 nitrogen and oxygen atoms in total. The summed E-state index contributed by atoms with van der Waals surface area (Å²) in [6.07, 6.45) is 0.610. The second-order valence-electron chi connectivity index (χ2n) is 5.09. The molecule has 120 valence electrons. The number of hydrogen-bond acceptors (Lipinski definition) is 4. The molecule has 2 unspecified atom stereocenters. The van der Waals surface area contributed by atoms with Gasteiger partial charge in [-0.3, -0.25) is 0 Å². The van der Waals surface area contributed by atoms with E-state index in [-0.39, 0.29) is 35.0 Å². The molecule has 1 saturated heterocycles. The third kappa shape index (κ3) is 3.66. The first-order valence-electron chi connectivity index (χ1n) is 6.45. The van der Waals surface area contributed by atoms with Gasteiger partial charge in [-0.2, -0.15) is 4.31 Å². The van der Waals surface area contributed by atoms with E-state index < -0.39 is 15.8 Å². The molecule has 0 aromatic heterocycles. The van der Waals surface area contributed by atoms with Crippen LogP contribution in [-0.2, 0) is 10.0 Å². The molecule has 0 bridgehead atoms. The zero-order valence-electron chi connectivity index (χ0n) is 12.0. The van der Waals surface area contributed by atoms with Crippen LogP contribution < -0.4 is 10.5 Å². The lowest BCUT2D eigenvalue weighted by Gasteiger charge is -2.34. The number of halogens is 2. The van der Waals surface area contributed by atoms with Gasteiger partial charge in [0, 0.05) is 19.1 Å². The number of hydrogen-bond donors (Lipinski definition) is 1. The zero-order valence-corrected chi connectivity index (χ0v) is 13.6. The van der Waals surface area contributed by atoms with Gasteiger partial charge < -0.3 is 10.5 Å². The van der Waals surface area contributed by atoms with Crippen molar-refractivity contribution in [3.63, 3.8) is 0 Å². The molecule has 0 saturated carbocycles. The minimum atomic E-state index is -3.68. The SMILES string of the molecule is COc1ccc(S(=O)(=O)N2CCC(N)C(C)C2)cc1F.Cl. The summed E-state index contributed by atoms with van der Waals surface area (Å²) < 4.78 is 44.7. The van der Waals surface area contributed by atoms with Crippen molar-refractivity contribution >= 4 is 22.4 Å². The van der Waals surface area contributed by atoms with Gasteiger partial charge in [-0.1, -0.05) is 6.92 Å². The standard InChI is InChI=1S/C13H19FN2O3S.ClH/c1-9-8-16(6-5-12(9)15)20(17,18)10-3-4-13(19-2)11(14)7-10;/h3-4,7,9,12H,5-6,8,15H2,1-2H3;1H. The maximum absolute atomic E-state index is 13.7. The molecule has 1 aromatic carbocycles. The molecular weight excluding hydrogens is 319 g/mol. The van der Waals surface area contributed by atoms with Crippen LogP contribution in [0.4, 0.5) is 4.39 Å². The number of benzene rings is 1. The smallest absolute Gasteiger partial charge is 0.243 e. The Balaban J connectivity index is 0.00000220. The molecule has 21 heavy (non-hydrogen) atoms. The number of methoxy groups -OCH3 is 1. The van der Waals surface area contributed by atoms with E-state index >= 15 is 0 Å². The van der Waals surface area contributed by atoms with Gasteiger partial charge in [0.05, 0.1) is 12.0 Å². The van der Waals surface area contributed by atoms with E-state index in [4.69, 9.17) is 10.5 Å². The molecular formula is C13H20ClFN2O3S. The topological polar surface area (TPSA) is 72.6 Å². The van der Waals surface area contributed by atoms with Crippen LogP contribution in [0.3, 0.4) is 0 Å². The number of nitrogens with two attached hydrogens (primary N) is 1. The van der Waals surface area contributed by atoms with Crippen LogP contribution in [0.25, 0.3) is 0 Å². The summed E-state index contributed by atoms with van der Waals surface area (Å²) in [6, 6.07) is 3.68. The van der Waals surface area contributed by atoms with Crippen LogP contribution in [0.1, 0.15) is 13.3 Å². The van der Waals surface area contributed by atoms with Gasteiger partial charge in [0.15, 0.2) is 11.6 Å². The van der Waals surface area contributed by atoms with Crippen molar-refractivity contribution < 1.29 is 17.5 Å². The molecule has 0 spiro atoms. The zero-order chi connectivity index (χ0) is 14.9. The van der Waals surface area contributed by atoms with E-state index in [0.717, 1.165) is 6.07 Å². The van der Waals surface area contributed by atoms with Crippen molar-refractivity contribution in [3.05, 3.63) is 24.0 Å². The molecule has 1 aliphatic heterocycles. The molecule has 1 fully saturated rings. The van der Waals surface area contributed by atoms with Crippen molar-refractivity contribution in [2.75, 3.05) is 20.2 Å². The molecule has 0 aliphatic carbocycles. The summed E-state index contributed by atoms with van der Waals surface area (Å²) in [5.74, 6) is -0.574. The van der Waals surface area contributed by atoms with Gasteiger partial charge in [-0.05, 0) is 30.5 Å². The molecule has 1 heterocycles. The van der Waals surface area contributed by atoms with Crippen LogP contribution >= 0.6 is 12.4 Å². The van der Waals surface area contributed by atoms with Gasteiger partial charge in [0.25, 0.3) is 0 Å². The first-order chi connectivity index (χ1) is 9.36. The Morgan fingerprint density at radius 1 is 1.43 bits per heavy atom. The predicted octanol–water partition coefficient (Wildman–Crippen LogP) is 1.61. The number of ether oxygens (including phenoxy) is 1. The lowest BCUT2D eigenvalue weighted by molar-refractivity contribution is 0.250. The molecule has 2 N–H and O–H groups in total. The van der Waals surface area contributed by atoms with E-state index in [9.17, 15) is 12.8 Å². The molecule has 0 radical (unpaired) electrons. The van der Waals surface area contributed by atoms with Crippen LogP contribution in [-0.4, -0.2) is 39.0 Å². The maximum atomic E-state index is 13.7. The Morgan fingerprint density at radius 3 is 2.62 bits per heavy atom. The number of piperidine rings is 1. The Morgan fingerprint density at radius 2 is 2.10 bits per heavy atom. The van der Waals surface area contributed by atoms with Gasteiger partial charge in [0.1, 0.15) is 0 Å². The molecule has 2 rings (SSSR count). The third-order valence-corrected chi connectivity index (χ3v) is 5.56. The summed E-state index contributed by atoms with van der Waals surface area (Å²) in [4.78, 5) is -0.0570. The average Bonchev–Trinajstić information content (AvgIpc) is 2.41. The molecule has 8 heteroatoms. The highest BCUT2D eigenvalue weighted by Crippen LogP contribution is 2.26. The molecule has 2 atom stereocenters. The van der Waals surface area contributed by atoms with E-state index in [0.29, 0.717) is 19.5 Å². The first kappa shape index (κ1) is 18.2. The minimum Gasteiger partial charge on any atom is -0.494 e. The first-order valence-corrected chi connectivity index (χ1v) is 7.89. The largest absolute Gasteiger partial charge is 0.494 e. The van der Waals surface area contributed by atoms with E-state index in [1.165, 1.54) is 23.5 Å². The minimum absolute atomic E-state index is 0. The number of rotatable bonds is 3. The second-order valence-corrected chi connectivity index (χ2v) is 7.03. The van der Waals surface area contributed by atoms with Crippen LogP contribution in [0, 0.1) is 11.7 Å². The summed E-state index contributed by atoms with van der Waals surface area (Å²) in [5.41, 5.74) is 5.89. The summed E-state index contributed by atoms with van der Waals surface area (Å²) in [6.45, 7) is 2.64. The van der Waals surface area contributed by atoms with E-state index in [1.54, 1.807) is 0 Å². The van der Waals surface area contributed by atoms with E-state index in [2.05, 4.69) is 0 Å². The second kappa shape index (κ2) is 6.91. The fraction of sp³-hybridized carbons (Fsp3) is 0.538. The van der Waals surface area contributed by atoms with Crippen LogP contribution in [0.2, 0.25) is 0 Å². The van der Waals surface area contributed by atoms with E-state index in [1.807, 2.05) is 6.92 Å². The third-order valence-electron chi connectivity index (χ3n) is 3.70. The molecule has 0 amide bonds. The summed E-state index contributed by atoms with van der Waals surface area (Å²) >= 11 is 0. The fourth-order valence-corrected chi connectivity index (χ4v) is 3.87. The quantitative estimate of drug-likeness (QED) is 0.909. The highest BCUT2D eigenvalue weighted by molar-refractivity contribution is 7.89. The Hall–Kier alpha value is -0.890. The van der Waals surface area contributed by atoms with Crippen molar-refractivity contribution in [3.8, 4) is 5.75 Å². The Labute approximate surface area is 130 Å². The fourth-order valence-electron chi connectivity index (χ4n) is 2.30. The van der Waals surface area contributed by atoms with Gasteiger partial charge in [0.2, 0.25) is 10.0 Å². The monoisotopic (exact) mass is 338 g/mol. The Bertz CT molecular complexity index is 597. The van der Waals surface area contributed by atoms with Crippen molar-refractivity contribution in [1.29, 1.82) is 0 Å². The predicted molar refractivity (Wildman–Crippen MR) is 80.7 cm³/mol. The summed E-state index contributed by atoms with van der Waals surface area (Å²) in [5, 5.41) is 0. The van der Waals surface area contributed by atoms with Crippen molar-refractivity contribution in [2.24, 2.45) is 11.7 Å². The summed E-state index contributed by atoms with van der Waals surface area (Å²) in [7, 11) is -2.35. The highest BCUT2D eigenvalue weighted by Gasteiger charge is 2.32. The lowest BCUT2D eigenvalue weighted by atomic mass is 9.96. The maximum Gasteiger partial charge on any atom is 0.243 e. The lowest BCUT2D eigenvalue weighted by Crippen LogP contribution is -2.48. The average molecular weight is 339 g/mol. The highest BCUT2D eigenvalue weighted by atomic mass is 35.5. The Kier molecular flexibility index (Phi) is 5.98. The van der Waals surface area contributed by atoms with Gasteiger partial charge >= 0.3 is 0 Å². The van der Waals surface area contributed by atoms with Gasteiger partial charge in [-0.15, -0.1) is 12.4 Å². The normalized spacial score (nSPS) is 23.4. The van der Waals surface area contributed by atoms with Crippen molar-refractivity contribution in [2.45, 2.75) is 24.3 Å². The van der Waals surface area contributed by atoms with Gasteiger partial charge in [-0.25, -0.2) is 12.8 Å². The number of nitrogens with zero attached hydrogens (tertiary/aromatic N) is 1. The van der Waals surface area contributed by atoms with Crippen molar-refractivity contribution in [1.82, 2.24) is 4.31 Å². The molecule has 1 aromatic rings. The molecule has 1 aliphatic rings. The number of sulfonamides is 1. The van der Waals surface area contributed by atoms with Crippen LogP contribution in [0.15, 0.2) is 23.1 Å². The van der Waals surface area contributed by atoms with Crippen LogP contribution in [0.5, 0.6) is 5.75 Å².